The molecule has 0 aromatic heterocycles. The van der Waals surface area contributed by atoms with Crippen molar-refractivity contribution in [3.05, 3.63) is 35.9 Å². The van der Waals surface area contributed by atoms with Gasteiger partial charge < -0.3 is 0 Å². The summed E-state index contributed by atoms with van der Waals surface area (Å²) in [6.07, 6.45) is 10.7. The molecule has 1 aliphatic rings. The number of hydrogen-bond donors (Lipinski definition) is 0. The Labute approximate surface area is 106 Å². The Morgan fingerprint density at radius 2 is 1.88 bits per heavy atom. The van der Waals surface area contributed by atoms with Crippen molar-refractivity contribution >= 4 is 0 Å². The molecule has 0 spiro atoms. The lowest BCUT2D eigenvalue weighted by Crippen LogP contribution is -2.27. The zero-order valence-electron chi connectivity index (χ0n) is 10.8. The maximum absolute atomic E-state index is 4.69. The van der Waals surface area contributed by atoms with Gasteiger partial charge in [-0.05, 0) is 37.7 Å². The minimum absolute atomic E-state index is 0.695. The average molecular weight is 230 g/mol. The van der Waals surface area contributed by atoms with Crippen molar-refractivity contribution in [1.29, 1.82) is 0 Å². The molecule has 1 radical (unpaired) electrons. The Hall–Kier alpha value is -0.820. The van der Waals surface area contributed by atoms with E-state index in [1.54, 1.807) is 0 Å². The first-order valence-electron chi connectivity index (χ1n) is 7.16. The fraction of sp³-hybridized carbons (Fsp3) is 0.625. The van der Waals surface area contributed by atoms with E-state index in [1.807, 2.05) is 0 Å². The van der Waals surface area contributed by atoms with Crippen molar-refractivity contribution in [2.75, 3.05) is 6.54 Å². The van der Waals surface area contributed by atoms with Crippen LogP contribution in [0.4, 0.5) is 0 Å². The Morgan fingerprint density at radius 1 is 1.00 bits per heavy atom. The summed E-state index contributed by atoms with van der Waals surface area (Å²) >= 11 is 0. The summed E-state index contributed by atoms with van der Waals surface area (Å²) < 4.78 is 0. The van der Waals surface area contributed by atoms with Gasteiger partial charge in [-0.3, -0.25) is 0 Å². The van der Waals surface area contributed by atoms with Gasteiger partial charge in [-0.1, -0.05) is 49.6 Å². The van der Waals surface area contributed by atoms with E-state index in [0.29, 0.717) is 6.04 Å². The second-order valence-electron chi connectivity index (χ2n) is 5.14. The van der Waals surface area contributed by atoms with Gasteiger partial charge in [0.05, 0.1) is 0 Å². The highest BCUT2D eigenvalue weighted by atomic mass is 14.9. The van der Waals surface area contributed by atoms with Gasteiger partial charge in [0, 0.05) is 12.6 Å². The summed E-state index contributed by atoms with van der Waals surface area (Å²) in [7, 11) is 0. The third-order valence-electron chi connectivity index (χ3n) is 3.68. The van der Waals surface area contributed by atoms with Gasteiger partial charge in [0.1, 0.15) is 0 Å². The van der Waals surface area contributed by atoms with E-state index in [2.05, 4.69) is 35.6 Å². The van der Waals surface area contributed by atoms with Crippen LogP contribution in [0.15, 0.2) is 30.3 Å². The van der Waals surface area contributed by atoms with E-state index in [9.17, 15) is 0 Å². The van der Waals surface area contributed by atoms with E-state index >= 15 is 0 Å². The van der Waals surface area contributed by atoms with E-state index < -0.39 is 0 Å². The Balaban J connectivity index is 1.51. The fourth-order valence-electron chi connectivity index (χ4n) is 2.62. The maximum Gasteiger partial charge on any atom is 0.0246 e. The smallest absolute Gasteiger partial charge is 0.0246 e. The van der Waals surface area contributed by atoms with E-state index in [4.69, 9.17) is 0 Å². The lowest BCUT2D eigenvalue weighted by molar-refractivity contribution is 0.364. The number of nitrogens with zero attached hydrogens (tertiary/aromatic N) is 1. The largest absolute Gasteiger partial charge is 0.238 e. The summed E-state index contributed by atoms with van der Waals surface area (Å²) in [5.74, 6) is 0. The molecule has 0 N–H and O–H groups in total. The van der Waals surface area contributed by atoms with Gasteiger partial charge >= 0.3 is 0 Å². The summed E-state index contributed by atoms with van der Waals surface area (Å²) in [6, 6.07) is 11.5. The van der Waals surface area contributed by atoms with Crippen molar-refractivity contribution in [1.82, 2.24) is 5.32 Å². The van der Waals surface area contributed by atoms with Crippen molar-refractivity contribution in [2.24, 2.45) is 0 Å². The lowest BCUT2D eigenvalue weighted by Gasteiger charge is -2.21. The van der Waals surface area contributed by atoms with Gasteiger partial charge in [0.2, 0.25) is 0 Å². The van der Waals surface area contributed by atoms with Crippen LogP contribution in [-0.4, -0.2) is 12.6 Å². The van der Waals surface area contributed by atoms with E-state index in [0.717, 1.165) is 6.54 Å². The van der Waals surface area contributed by atoms with Gasteiger partial charge in [0.15, 0.2) is 0 Å². The first kappa shape index (κ1) is 12.6. The van der Waals surface area contributed by atoms with Gasteiger partial charge in [-0.2, -0.15) is 0 Å². The number of piperidine rings is 1. The molecule has 93 valence electrons. The molecule has 0 saturated carbocycles. The number of rotatable bonds is 6. The first-order chi connectivity index (χ1) is 8.45. The van der Waals surface area contributed by atoms with Crippen molar-refractivity contribution in [3.63, 3.8) is 0 Å². The highest BCUT2D eigenvalue weighted by Gasteiger charge is 2.12. The molecular weight excluding hydrogens is 206 g/mol. The first-order valence-corrected chi connectivity index (χ1v) is 7.16. The van der Waals surface area contributed by atoms with Crippen LogP contribution in [0, 0.1) is 0 Å². The molecule has 1 aromatic carbocycles. The standard InChI is InChI=1S/C16H24N/c1-3-9-15(10-4-1)11-5-2-6-12-16-13-7-8-14-17-16/h1,3-4,9-10,16H,2,5-8,11-14H2. The molecule has 0 amide bonds. The fourth-order valence-corrected chi connectivity index (χ4v) is 2.62. The predicted octanol–water partition coefficient (Wildman–Crippen LogP) is 3.95. The Morgan fingerprint density at radius 3 is 2.65 bits per heavy atom. The van der Waals surface area contributed by atoms with Crippen LogP contribution in [0.2, 0.25) is 0 Å². The average Bonchev–Trinajstić information content (AvgIpc) is 2.41. The molecule has 1 heteroatoms. The zero-order valence-corrected chi connectivity index (χ0v) is 10.8. The molecule has 1 heterocycles. The molecule has 1 aromatic rings. The maximum atomic E-state index is 4.69. The highest BCUT2D eigenvalue weighted by Crippen LogP contribution is 2.15. The normalized spacial score (nSPS) is 20.4. The molecule has 17 heavy (non-hydrogen) atoms. The molecule has 0 bridgehead atoms. The number of aryl methyl sites for hydroxylation is 1. The third kappa shape index (κ3) is 4.91. The van der Waals surface area contributed by atoms with Crippen LogP contribution in [0.25, 0.3) is 0 Å². The predicted molar refractivity (Wildman–Crippen MR) is 73.3 cm³/mol. The minimum Gasteiger partial charge on any atom is -0.238 e. The monoisotopic (exact) mass is 230 g/mol. The molecule has 2 rings (SSSR count). The second kappa shape index (κ2) is 7.50. The molecule has 1 aliphatic heterocycles. The minimum atomic E-state index is 0.695. The summed E-state index contributed by atoms with van der Waals surface area (Å²) in [5.41, 5.74) is 1.48. The molecule has 0 aliphatic carbocycles. The number of unbranched alkanes of at least 4 members (excludes halogenated alkanes) is 2. The molecule has 1 saturated heterocycles. The van der Waals surface area contributed by atoms with Crippen LogP contribution < -0.4 is 5.32 Å². The van der Waals surface area contributed by atoms with E-state index in [-0.39, 0.29) is 0 Å². The Bertz CT molecular complexity index is 288. The molecule has 1 fully saturated rings. The molecule has 1 nitrogen and oxygen atoms in total. The van der Waals surface area contributed by atoms with Crippen LogP contribution in [-0.2, 0) is 6.42 Å². The zero-order chi connectivity index (χ0) is 11.8. The van der Waals surface area contributed by atoms with Crippen LogP contribution in [0.5, 0.6) is 0 Å². The molecule has 1 unspecified atom stereocenters. The topological polar surface area (TPSA) is 14.1 Å². The van der Waals surface area contributed by atoms with E-state index in [1.165, 1.54) is 56.9 Å². The van der Waals surface area contributed by atoms with Gasteiger partial charge in [-0.15, -0.1) is 0 Å². The second-order valence-corrected chi connectivity index (χ2v) is 5.14. The lowest BCUT2D eigenvalue weighted by atomic mass is 9.98. The third-order valence-corrected chi connectivity index (χ3v) is 3.68. The summed E-state index contributed by atoms with van der Waals surface area (Å²) in [4.78, 5) is 0. The van der Waals surface area contributed by atoms with Gasteiger partial charge in [0.25, 0.3) is 0 Å². The number of benzene rings is 1. The quantitative estimate of drug-likeness (QED) is 0.657. The highest BCUT2D eigenvalue weighted by molar-refractivity contribution is 5.14. The van der Waals surface area contributed by atoms with Gasteiger partial charge in [-0.25, -0.2) is 5.32 Å². The Kier molecular flexibility index (Phi) is 5.57. The van der Waals surface area contributed by atoms with Crippen LogP contribution >= 0.6 is 0 Å². The molecule has 1 atom stereocenters. The van der Waals surface area contributed by atoms with Crippen LogP contribution in [0.3, 0.4) is 0 Å². The van der Waals surface area contributed by atoms with Crippen molar-refractivity contribution < 1.29 is 0 Å². The number of hydrogen-bond acceptors (Lipinski definition) is 0. The van der Waals surface area contributed by atoms with Crippen molar-refractivity contribution in [3.8, 4) is 0 Å². The van der Waals surface area contributed by atoms with Crippen LogP contribution in [0.1, 0.15) is 50.5 Å². The SMILES string of the molecule is c1ccc(CCCCCC2CCCC[N]2)cc1. The summed E-state index contributed by atoms with van der Waals surface area (Å²) in [6.45, 7) is 1.12. The molecular formula is C16H24N. The van der Waals surface area contributed by atoms with Crippen molar-refractivity contribution in [2.45, 2.75) is 57.4 Å². The summed E-state index contributed by atoms with van der Waals surface area (Å²) in [5, 5.41) is 4.69.